The van der Waals surface area contributed by atoms with E-state index in [1.54, 1.807) is 13.3 Å². The Bertz CT molecular complexity index is 1020. The minimum atomic E-state index is -0.238. The molecule has 3 aromatic rings. The number of nitrogens with zero attached hydrogens (tertiary/aromatic N) is 5. The van der Waals surface area contributed by atoms with Gasteiger partial charge in [-0.3, -0.25) is 4.68 Å². The highest BCUT2D eigenvalue weighted by molar-refractivity contribution is 5.86. The lowest BCUT2D eigenvalue weighted by Gasteiger charge is -2.18. The van der Waals surface area contributed by atoms with Crippen molar-refractivity contribution in [3.8, 4) is 5.75 Å². The molecular weight excluding hydrogens is 408 g/mol. The van der Waals surface area contributed by atoms with Gasteiger partial charge in [-0.15, -0.1) is 0 Å². The third-order valence-corrected chi connectivity index (χ3v) is 5.25. The third-order valence-electron chi connectivity index (χ3n) is 5.25. The van der Waals surface area contributed by atoms with Gasteiger partial charge in [0.25, 0.3) is 0 Å². The van der Waals surface area contributed by atoms with Gasteiger partial charge in [-0.05, 0) is 31.5 Å². The van der Waals surface area contributed by atoms with Crippen LogP contribution in [0.2, 0.25) is 0 Å². The highest BCUT2D eigenvalue weighted by Gasteiger charge is 2.16. The fourth-order valence-electron chi connectivity index (χ4n) is 3.71. The number of benzene rings is 1. The van der Waals surface area contributed by atoms with Crippen LogP contribution < -0.4 is 21.5 Å². The molecule has 1 unspecified atom stereocenters. The summed E-state index contributed by atoms with van der Waals surface area (Å²) < 4.78 is 7.50. The summed E-state index contributed by atoms with van der Waals surface area (Å²) >= 11 is 0. The second-order valence-electron chi connectivity index (χ2n) is 7.97. The Morgan fingerprint density at radius 2 is 2.12 bits per heavy atom. The van der Waals surface area contributed by atoms with Gasteiger partial charge >= 0.3 is 0 Å². The number of methoxy groups -OCH3 is 1. The van der Waals surface area contributed by atoms with Crippen LogP contribution in [0.4, 0.5) is 11.8 Å². The van der Waals surface area contributed by atoms with Crippen LogP contribution in [0, 0.1) is 0 Å². The van der Waals surface area contributed by atoms with Gasteiger partial charge in [0.2, 0.25) is 5.95 Å². The molecule has 2 heterocycles. The second kappa shape index (κ2) is 11.1. The molecule has 0 amide bonds. The van der Waals surface area contributed by atoms with E-state index >= 15 is 0 Å². The number of nitrogens with two attached hydrogens (primary N) is 2. The maximum atomic E-state index is 9.02. The molecule has 32 heavy (non-hydrogen) atoms. The molecule has 0 spiro atoms. The van der Waals surface area contributed by atoms with Gasteiger partial charge in [-0.2, -0.15) is 10.1 Å². The first-order valence-electron chi connectivity index (χ1n) is 10.9. The molecule has 3 rings (SSSR count). The van der Waals surface area contributed by atoms with E-state index in [1.807, 2.05) is 17.8 Å². The number of aliphatic hydroxyl groups excluding tert-OH is 1. The van der Waals surface area contributed by atoms with Crippen molar-refractivity contribution in [2.75, 3.05) is 38.4 Å². The van der Waals surface area contributed by atoms with Crippen LogP contribution in [0.5, 0.6) is 5.75 Å². The zero-order chi connectivity index (χ0) is 23.1. The van der Waals surface area contributed by atoms with Gasteiger partial charge in [0.05, 0.1) is 26.0 Å². The largest absolute Gasteiger partial charge is 0.496 e. The number of hydrogen-bond donors (Lipinski definition) is 4. The van der Waals surface area contributed by atoms with Gasteiger partial charge in [0, 0.05) is 25.3 Å². The summed E-state index contributed by atoms with van der Waals surface area (Å²) in [4.78, 5) is 10.9. The highest BCUT2D eigenvalue weighted by atomic mass is 16.5. The standard InChI is InChI=1S/C22H34N8O2/c1-4-6-19(23)27-21-20-17(26-22(24)28-21)12-25-30(20)14-16-8-7-15(11-18(16)32-3)13-29(2)9-5-10-31/h7-8,11-12,19,31H,4-6,9-10,13-14,23H2,1-3H3,(H3,24,26,27,28). The van der Waals surface area contributed by atoms with E-state index in [-0.39, 0.29) is 18.7 Å². The summed E-state index contributed by atoms with van der Waals surface area (Å²) in [6.45, 7) is 4.37. The van der Waals surface area contributed by atoms with E-state index < -0.39 is 0 Å². The fraction of sp³-hybridized carbons (Fsp3) is 0.500. The molecule has 174 valence electrons. The van der Waals surface area contributed by atoms with Crippen LogP contribution in [-0.4, -0.2) is 63.2 Å². The van der Waals surface area contributed by atoms with Crippen molar-refractivity contribution in [1.29, 1.82) is 0 Å². The van der Waals surface area contributed by atoms with Crippen LogP contribution in [-0.2, 0) is 13.1 Å². The minimum absolute atomic E-state index is 0.176. The van der Waals surface area contributed by atoms with Crippen molar-refractivity contribution in [2.45, 2.75) is 45.4 Å². The topological polar surface area (TPSA) is 140 Å². The second-order valence-corrected chi connectivity index (χ2v) is 7.97. The van der Waals surface area contributed by atoms with E-state index in [0.717, 1.165) is 54.7 Å². The third kappa shape index (κ3) is 5.84. The summed E-state index contributed by atoms with van der Waals surface area (Å²) in [6.07, 6.45) is 3.96. The van der Waals surface area contributed by atoms with Gasteiger partial charge in [0.15, 0.2) is 5.82 Å². The highest BCUT2D eigenvalue weighted by Crippen LogP contribution is 2.26. The van der Waals surface area contributed by atoms with E-state index in [2.05, 4.69) is 44.3 Å². The molecule has 2 aromatic heterocycles. The normalized spacial score (nSPS) is 12.4. The Kier molecular flexibility index (Phi) is 8.20. The van der Waals surface area contributed by atoms with E-state index in [4.69, 9.17) is 21.3 Å². The van der Waals surface area contributed by atoms with Crippen LogP contribution in [0.1, 0.15) is 37.3 Å². The molecule has 0 saturated carbocycles. The zero-order valence-corrected chi connectivity index (χ0v) is 19.1. The predicted octanol–water partition coefficient (Wildman–Crippen LogP) is 1.78. The Hall–Kier alpha value is -2.95. The quantitative estimate of drug-likeness (QED) is 0.309. The molecule has 10 nitrogen and oxygen atoms in total. The molecule has 0 saturated heterocycles. The number of ether oxygens (including phenoxy) is 1. The number of aromatic nitrogens is 4. The van der Waals surface area contributed by atoms with Gasteiger partial charge in [-0.25, -0.2) is 4.98 Å². The lowest BCUT2D eigenvalue weighted by molar-refractivity contribution is 0.244. The molecule has 0 radical (unpaired) electrons. The number of hydrogen-bond acceptors (Lipinski definition) is 9. The molecule has 10 heteroatoms. The zero-order valence-electron chi connectivity index (χ0n) is 19.1. The van der Waals surface area contributed by atoms with Crippen LogP contribution in [0.25, 0.3) is 11.0 Å². The number of nitrogens with one attached hydrogen (secondary N) is 1. The summed E-state index contributed by atoms with van der Waals surface area (Å²) in [5.74, 6) is 1.54. The average molecular weight is 443 g/mol. The first-order valence-corrected chi connectivity index (χ1v) is 10.9. The SMILES string of the molecule is CCCC(N)Nc1nc(N)nc2cnn(Cc3ccc(CN(C)CCCO)cc3OC)c12. The van der Waals surface area contributed by atoms with Crippen LogP contribution in [0.15, 0.2) is 24.4 Å². The summed E-state index contributed by atoms with van der Waals surface area (Å²) in [6, 6.07) is 6.18. The van der Waals surface area contributed by atoms with Gasteiger partial charge in [0.1, 0.15) is 16.8 Å². The molecule has 1 atom stereocenters. The minimum Gasteiger partial charge on any atom is -0.496 e. The summed E-state index contributed by atoms with van der Waals surface area (Å²) in [5.41, 5.74) is 15.6. The Morgan fingerprint density at radius 3 is 2.84 bits per heavy atom. The molecule has 1 aromatic carbocycles. The molecule has 0 aliphatic carbocycles. The average Bonchev–Trinajstić information content (AvgIpc) is 3.15. The fourth-order valence-corrected chi connectivity index (χ4v) is 3.71. The van der Waals surface area contributed by atoms with Crippen molar-refractivity contribution in [3.63, 3.8) is 0 Å². The Balaban J connectivity index is 1.87. The molecule has 0 aliphatic heterocycles. The molecule has 0 fully saturated rings. The maximum absolute atomic E-state index is 9.02. The van der Waals surface area contributed by atoms with E-state index in [0.29, 0.717) is 17.9 Å². The number of rotatable bonds is 12. The number of nitrogen functional groups attached to an aromatic ring is 1. The van der Waals surface area contributed by atoms with E-state index in [9.17, 15) is 0 Å². The Labute approximate surface area is 188 Å². The maximum Gasteiger partial charge on any atom is 0.222 e. The van der Waals surface area contributed by atoms with Gasteiger partial charge in [-0.1, -0.05) is 25.5 Å². The van der Waals surface area contributed by atoms with Crippen LogP contribution >= 0.6 is 0 Å². The van der Waals surface area contributed by atoms with Gasteiger partial charge < -0.3 is 31.5 Å². The number of anilines is 2. The predicted molar refractivity (Wildman–Crippen MR) is 126 cm³/mol. The molecule has 6 N–H and O–H groups in total. The summed E-state index contributed by atoms with van der Waals surface area (Å²) in [7, 11) is 3.70. The lowest BCUT2D eigenvalue weighted by Crippen LogP contribution is -2.30. The van der Waals surface area contributed by atoms with Crippen molar-refractivity contribution in [1.82, 2.24) is 24.6 Å². The summed E-state index contributed by atoms with van der Waals surface area (Å²) in [5, 5.41) is 16.8. The van der Waals surface area contributed by atoms with Crippen molar-refractivity contribution in [2.24, 2.45) is 5.73 Å². The smallest absolute Gasteiger partial charge is 0.222 e. The molecule has 0 bridgehead atoms. The monoisotopic (exact) mass is 442 g/mol. The molecule has 0 aliphatic rings. The first-order chi connectivity index (χ1) is 15.4. The lowest BCUT2D eigenvalue weighted by atomic mass is 10.1. The van der Waals surface area contributed by atoms with Crippen molar-refractivity contribution >= 4 is 22.8 Å². The van der Waals surface area contributed by atoms with Crippen LogP contribution in [0.3, 0.4) is 0 Å². The molecular formula is C22H34N8O2. The number of fused-ring (bicyclic) bond motifs is 1. The Morgan fingerprint density at radius 1 is 1.31 bits per heavy atom. The van der Waals surface area contributed by atoms with Crippen molar-refractivity contribution in [3.05, 3.63) is 35.5 Å². The van der Waals surface area contributed by atoms with E-state index in [1.165, 1.54) is 0 Å². The van der Waals surface area contributed by atoms with Crippen molar-refractivity contribution < 1.29 is 9.84 Å². The number of aliphatic hydroxyl groups is 1. The first kappa shape index (κ1) is 23.7.